The van der Waals surface area contributed by atoms with Crippen LogP contribution in [0.4, 0.5) is 0 Å². The van der Waals surface area contributed by atoms with Crippen LogP contribution in [0.1, 0.15) is 113 Å². The van der Waals surface area contributed by atoms with Crippen LogP contribution < -0.4 is 0 Å². The molecule has 0 spiro atoms. The van der Waals surface area contributed by atoms with Crippen molar-refractivity contribution < 1.29 is 70.0 Å². The molecule has 3 saturated carbocycles. The molecule has 0 bridgehead atoms. The van der Waals surface area contributed by atoms with Crippen molar-refractivity contribution in [3.05, 3.63) is 11.6 Å². The van der Waals surface area contributed by atoms with Crippen LogP contribution in [0, 0.1) is 45.3 Å². The number of rotatable bonds is 12. The Bertz CT molecular complexity index is 1420. The SMILES string of the molecule is C[C@H](CC[C@@H](O)C(C)(C)O)C1CC[C@@]2(C)C3CC=C4C(CC[C@H](O[C@@H]5O[C@H](CCO[C@@H]6O[C@H](CO)[C@@H](O)[C@H](O)[C@H]6O)[C@@H](O)[C@H](O)[C@H]5O)C4(C)C)[C@]3(C)[C@H](O)C[C@]12C. The summed E-state index contributed by atoms with van der Waals surface area (Å²) >= 11 is 0. The van der Waals surface area contributed by atoms with Gasteiger partial charge >= 0.3 is 0 Å². The first-order chi connectivity index (χ1) is 26.4. The third-order valence-corrected chi connectivity index (χ3v) is 16.8. The van der Waals surface area contributed by atoms with Gasteiger partial charge in [0.2, 0.25) is 0 Å². The fourth-order valence-corrected chi connectivity index (χ4v) is 12.8. The van der Waals surface area contributed by atoms with Crippen LogP contribution in [-0.4, -0.2) is 150 Å². The van der Waals surface area contributed by atoms with E-state index in [-0.39, 0.29) is 41.1 Å². The zero-order valence-electron chi connectivity index (χ0n) is 35.3. The highest BCUT2D eigenvalue weighted by Crippen LogP contribution is 2.75. The van der Waals surface area contributed by atoms with Crippen LogP contribution in [-0.2, 0) is 18.9 Å². The molecule has 0 aromatic carbocycles. The molecule has 6 aliphatic rings. The van der Waals surface area contributed by atoms with Gasteiger partial charge in [0.05, 0.1) is 43.2 Å². The minimum atomic E-state index is -1.61. The van der Waals surface area contributed by atoms with Gasteiger partial charge in [-0.05, 0) is 106 Å². The molecular weight excluding hydrogens is 740 g/mol. The Balaban J connectivity index is 1.13. The van der Waals surface area contributed by atoms with Gasteiger partial charge in [0, 0.05) is 10.8 Å². The number of fused-ring (bicyclic) bond motifs is 5. The van der Waals surface area contributed by atoms with Crippen molar-refractivity contribution in [3.8, 4) is 0 Å². The average molecular weight is 815 g/mol. The van der Waals surface area contributed by atoms with Crippen molar-refractivity contribution >= 4 is 0 Å². The Hall–Kier alpha value is -0.820. The molecule has 14 nitrogen and oxygen atoms in total. The third-order valence-electron chi connectivity index (χ3n) is 16.8. The topological polar surface area (TPSA) is 239 Å². The van der Waals surface area contributed by atoms with Crippen molar-refractivity contribution in [1.82, 2.24) is 0 Å². The van der Waals surface area contributed by atoms with E-state index in [1.165, 1.54) is 5.57 Å². The maximum Gasteiger partial charge on any atom is 0.186 e. The highest BCUT2D eigenvalue weighted by Gasteiger charge is 2.70. The lowest BCUT2D eigenvalue weighted by atomic mass is 9.38. The molecule has 5 fully saturated rings. The summed E-state index contributed by atoms with van der Waals surface area (Å²) in [5.74, 6) is 1.09. The van der Waals surface area contributed by atoms with E-state index in [0.29, 0.717) is 31.1 Å². The van der Waals surface area contributed by atoms with Crippen LogP contribution in [0.2, 0.25) is 0 Å². The van der Waals surface area contributed by atoms with Crippen molar-refractivity contribution in [2.75, 3.05) is 13.2 Å². The molecule has 20 atom stereocenters. The minimum Gasteiger partial charge on any atom is -0.394 e. The summed E-state index contributed by atoms with van der Waals surface area (Å²) in [7, 11) is 0. The van der Waals surface area contributed by atoms with Gasteiger partial charge in [-0.15, -0.1) is 0 Å². The molecule has 6 rings (SSSR count). The smallest absolute Gasteiger partial charge is 0.186 e. The van der Waals surface area contributed by atoms with Crippen LogP contribution in [0.5, 0.6) is 0 Å². The largest absolute Gasteiger partial charge is 0.394 e. The first kappa shape index (κ1) is 45.7. The van der Waals surface area contributed by atoms with Gasteiger partial charge in [-0.2, -0.15) is 0 Å². The Morgan fingerprint density at radius 2 is 1.42 bits per heavy atom. The molecule has 2 aliphatic heterocycles. The van der Waals surface area contributed by atoms with E-state index >= 15 is 0 Å². The molecule has 2 saturated heterocycles. The molecule has 57 heavy (non-hydrogen) atoms. The zero-order chi connectivity index (χ0) is 42.2. The Kier molecular flexibility index (Phi) is 13.2. The van der Waals surface area contributed by atoms with Gasteiger partial charge in [-0.1, -0.05) is 53.2 Å². The Morgan fingerprint density at radius 3 is 2.05 bits per heavy atom. The molecule has 330 valence electrons. The molecule has 4 aliphatic carbocycles. The van der Waals surface area contributed by atoms with Gasteiger partial charge in [0.1, 0.15) is 42.7 Å². The van der Waals surface area contributed by atoms with Crippen molar-refractivity contribution in [2.24, 2.45) is 45.3 Å². The van der Waals surface area contributed by atoms with Gasteiger partial charge in [-0.3, -0.25) is 0 Å². The molecule has 0 aromatic heterocycles. The van der Waals surface area contributed by atoms with Crippen molar-refractivity contribution in [3.63, 3.8) is 0 Å². The van der Waals surface area contributed by atoms with E-state index in [9.17, 15) is 51.1 Å². The maximum atomic E-state index is 12.4. The molecule has 0 amide bonds. The van der Waals surface area contributed by atoms with E-state index in [1.54, 1.807) is 13.8 Å². The van der Waals surface area contributed by atoms with Crippen LogP contribution in [0.15, 0.2) is 11.6 Å². The second-order valence-corrected chi connectivity index (χ2v) is 20.6. The van der Waals surface area contributed by atoms with Crippen molar-refractivity contribution in [2.45, 2.75) is 199 Å². The molecule has 3 unspecified atom stereocenters. The quantitative estimate of drug-likeness (QED) is 0.126. The summed E-state index contributed by atoms with van der Waals surface area (Å²) in [6.07, 6.45) is -7.07. The Labute approximate surface area is 338 Å². The highest BCUT2D eigenvalue weighted by atomic mass is 16.7. The lowest BCUT2D eigenvalue weighted by Crippen LogP contribution is -2.65. The summed E-state index contributed by atoms with van der Waals surface area (Å²) in [6.45, 7) is 16.2. The number of allylic oxidation sites excluding steroid dienone is 1. The standard InChI is InChI=1S/C43H74O14/c1-21(9-13-28(45)40(4,5)53)22-15-17-41(6)27-12-10-23-24(43(27,8)29(46)19-42(22,41)7)11-14-30(39(23,2)3)57-38-36(52)33(49)31(47)25(55-38)16-18-54-37-35(51)34(50)32(48)26(20-44)56-37/h10,21-22,24-38,44-53H,9,11-20H2,1-8H3/t21-,22?,24?,25-,26-,27?,28-,29-,30+,31-,32-,33+,34+,35-,36-,37-,38+,41+,42-,43+/m1/s1. The summed E-state index contributed by atoms with van der Waals surface area (Å²) in [5.41, 5.74) is -0.905. The van der Waals surface area contributed by atoms with Gasteiger partial charge < -0.3 is 70.0 Å². The molecule has 10 N–H and O–H groups in total. The molecule has 0 aromatic rings. The lowest BCUT2D eigenvalue weighted by Gasteiger charge is -2.67. The molecule has 2 heterocycles. The van der Waals surface area contributed by atoms with Crippen LogP contribution in [0.25, 0.3) is 0 Å². The van der Waals surface area contributed by atoms with Gasteiger partial charge in [0.25, 0.3) is 0 Å². The van der Waals surface area contributed by atoms with E-state index in [4.69, 9.17) is 18.9 Å². The van der Waals surface area contributed by atoms with Gasteiger partial charge in [-0.25, -0.2) is 0 Å². The van der Waals surface area contributed by atoms with E-state index in [1.807, 2.05) is 0 Å². The first-order valence-electron chi connectivity index (χ1n) is 21.5. The van der Waals surface area contributed by atoms with E-state index < -0.39 is 97.3 Å². The molecule has 14 heteroatoms. The van der Waals surface area contributed by atoms with Crippen molar-refractivity contribution in [1.29, 1.82) is 0 Å². The number of hydrogen-bond donors (Lipinski definition) is 10. The zero-order valence-corrected chi connectivity index (χ0v) is 35.3. The average Bonchev–Trinajstić information content (AvgIpc) is 3.41. The number of hydrogen-bond acceptors (Lipinski definition) is 14. The fourth-order valence-electron chi connectivity index (χ4n) is 12.8. The normalized spacial score (nSPS) is 49.6. The van der Waals surface area contributed by atoms with E-state index in [0.717, 1.165) is 32.1 Å². The van der Waals surface area contributed by atoms with E-state index in [2.05, 4.69) is 47.6 Å². The number of aliphatic hydroxyl groups is 10. The lowest BCUT2D eigenvalue weighted by molar-refractivity contribution is -0.324. The summed E-state index contributed by atoms with van der Waals surface area (Å²) < 4.78 is 23.7. The fraction of sp³-hybridized carbons (Fsp3) is 0.953. The maximum absolute atomic E-state index is 12.4. The van der Waals surface area contributed by atoms with Gasteiger partial charge in [0.15, 0.2) is 12.6 Å². The predicted molar refractivity (Wildman–Crippen MR) is 207 cm³/mol. The summed E-state index contributed by atoms with van der Waals surface area (Å²) in [6, 6.07) is 0. The highest BCUT2D eigenvalue weighted by molar-refractivity contribution is 5.32. The molecular formula is C43H74O14. The third kappa shape index (κ3) is 7.72. The monoisotopic (exact) mass is 815 g/mol. The number of ether oxygens (including phenoxy) is 4. The summed E-state index contributed by atoms with van der Waals surface area (Å²) in [5, 5.41) is 106. The second kappa shape index (κ2) is 16.5. The summed E-state index contributed by atoms with van der Waals surface area (Å²) in [4.78, 5) is 0. The minimum absolute atomic E-state index is 0.00113. The van der Waals surface area contributed by atoms with Crippen LogP contribution in [0.3, 0.4) is 0 Å². The number of aliphatic hydroxyl groups excluding tert-OH is 9. The first-order valence-corrected chi connectivity index (χ1v) is 21.5. The van der Waals surface area contributed by atoms with Crippen LogP contribution >= 0.6 is 0 Å². The predicted octanol–water partition coefficient (Wildman–Crippen LogP) is 1.51. The second-order valence-electron chi connectivity index (χ2n) is 20.6. The molecule has 0 radical (unpaired) electrons. The Morgan fingerprint density at radius 1 is 0.807 bits per heavy atom.